The van der Waals surface area contributed by atoms with Gasteiger partial charge in [-0.1, -0.05) is 24.3 Å². The van der Waals surface area contributed by atoms with Gasteiger partial charge >= 0.3 is 11.9 Å². The Labute approximate surface area is 106 Å². The summed E-state index contributed by atoms with van der Waals surface area (Å²) in [6.07, 6.45) is 1.67. The lowest BCUT2D eigenvalue weighted by Crippen LogP contribution is -2.41. The van der Waals surface area contributed by atoms with E-state index in [1.165, 1.54) is 16.0 Å². The van der Waals surface area contributed by atoms with Crippen molar-refractivity contribution < 1.29 is 14.7 Å². The number of aliphatic carboxylic acids is 1. The summed E-state index contributed by atoms with van der Waals surface area (Å²) in [6.45, 7) is 3.15. The fraction of sp³-hybridized carbons (Fsp3) is 0.429. The number of benzene rings is 1. The minimum absolute atomic E-state index is 0.434. The third-order valence-electron chi connectivity index (χ3n) is 3.59. The molecule has 0 unspecified atom stereocenters. The molecular weight excluding hydrogens is 230 g/mol. The second kappa shape index (κ2) is 5.21. The van der Waals surface area contributed by atoms with Crippen molar-refractivity contribution in [2.24, 2.45) is 0 Å². The molecule has 0 bridgehead atoms. The van der Waals surface area contributed by atoms with Crippen LogP contribution in [0.3, 0.4) is 0 Å². The number of piperidine rings is 1. The van der Waals surface area contributed by atoms with Crippen LogP contribution in [0, 0.1) is 6.92 Å². The molecule has 0 aromatic heterocycles. The number of likely N-dealkylation sites (tertiary alicyclic amines) is 1. The minimum atomic E-state index is -1.36. The monoisotopic (exact) mass is 247 g/mol. The lowest BCUT2D eigenvalue weighted by Gasteiger charge is -2.31. The molecule has 1 amide bonds. The maximum absolute atomic E-state index is 11.3. The molecule has 18 heavy (non-hydrogen) atoms. The van der Waals surface area contributed by atoms with Crippen LogP contribution < -0.4 is 0 Å². The van der Waals surface area contributed by atoms with Gasteiger partial charge in [0.05, 0.1) is 0 Å². The van der Waals surface area contributed by atoms with Gasteiger partial charge in [0.15, 0.2) is 0 Å². The van der Waals surface area contributed by atoms with Gasteiger partial charge in [0.25, 0.3) is 0 Å². The lowest BCUT2D eigenvalue weighted by atomic mass is 9.87. The van der Waals surface area contributed by atoms with E-state index in [9.17, 15) is 9.59 Å². The molecule has 0 spiro atoms. The molecule has 4 heteroatoms. The summed E-state index contributed by atoms with van der Waals surface area (Å²) in [5.74, 6) is -1.70. The zero-order chi connectivity index (χ0) is 13.1. The molecule has 0 atom stereocenters. The summed E-state index contributed by atoms with van der Waals surface area (Å²) in [6, 6.07) is 8.25. The predicted octanol–water partition coefficient (Wildman–Crippen LogP) is 1.79. The second-order valence-electron chi connectivity index (χ2n) is 4.73. The number of hydrogen-bond acceptors (Lipinski definition) is 2. The van der Waals surface area contributed by atoms with Crippen LogP contribution in [0.25, 0.3) is 0 Å². The molecule has 4 nitrogen and oxygen atoms in total. The molecule has 0 aliphatic carbocycles. The summed E-state index contributed by atoms with van der Waals surface area (Å²) in [7, 11) is 0. The third kappa shape index (κ3) is 2.53. The van der Waals surface area contributed by atoms with Crippen LogP contribution in [0.1, 0.15) is 29.9 Å². The van der Waals surface area contributed by atoms with Crippen molar-refractivity contribution in [1.29, 1.82) is 0 Å². The van der Waals surface area contributed by atoms with Crippen molar-refractivity contribution in [2.45, 2.75) is 25.7 Å². The number of hydrogen-bond donors (Lipinski definition) is 1. The third-order valence-corrected chi connectivity index (χ3v) is 3.59. The average Bonchev–Trinajstić information content (AvgIpc) is 2.38. The molecule has 1 N–H and O–H groups in total. The largest absolute Gasteiger partial charge is 0.474 e. The molecule has 1 aromatic carbocycles. The van der Waals surface area contributed by atoms with Crippen molar-refractivity contribution in [1.82, 2.24) is 4.90 Å². The van der Waals surface area contributed by atoms with Gasteiger partial charge in [-0.25, -0.2) is 4.79 Å². The Morgan fingerprint density at radius 1 is 1.22 bits per heavy atom. The van der Waals surface area contributed by atoms with E-state index in [0.717, 1.165) is 12.8 Å². The van der Waals surface area contributed by atoms with E-state index >= 15 is 0 Å². The molecule has 2 rings (SSSR count). The number of carbonyl (C=O) groups excluding carboxylic acids is 1. The molecule has 1 aromatic rings. The number of nitrogens with zero attached hydrogens (tertiary/aromatic N) is 1. The zero-order valence-corrected chi connectivity index (χ0v) is 10.4. The minimum Gasteiger partial charge on any atom is -0.474 e. The van der Waals surface area contributed by atoms with Gasteiger partial charge in [0.1, 0.15) is 0 Å². The van der Waals surface area contributed by atoms with Gasteiger partial charge in [-0.3, -0.25) is 4.79 Å². The van der Waals surface area contributed by atoms with Gasteiger partial charge < -0.3 is 10.0 Å². The number of carboxylic acid groups (broad SMARTS) is 1. The van der Waals surface area contributed by atoms with E-state index in [4.69, 9.17) is 5.11 Å². The highest BCUT2D eigenvalue weighted by molar-refractivity contribution is 6.31. The van der Waals surface area contributed by atoms with Gasteiger partial charge in [0.2, 0.25) is 0 Å². The van der Waals surface area contributed by atoms with Crippen LogP contribution >= 0.6 is 0 Å². The summed E-state index contributed by atoms with van der Waals surface area (Å²) < 4.78 is 0. The van der Waals surface area contributed by atoms with Crippen molar-refractivity contribution >= 4 is 11.9 Å². The number of amides is 1. The molecule has 1 saturated heterocycles. The molecule has 96 valence electrons. The van der Waals surface area contributed by atoms with E-state index in [1.54, 1.807) is 0 Å². The zero-order valence-electron chi connectivity index (χ0n) is 10.4. The first-order valence-electron chi connectivity index (χ1n) is 6.17. The maximum atomic E-state index is 11.3. The highest BCUT2D eigenvalue weighted by Crippen LogP contribution is 2.29. The lowest BCUT2D eigenvalue weighted by molar-refractivity contribution is -0.156. The summed E-state index contributed by atoms with van der Waals surface area (Å²) in [5.41, 5.74) is 2.58. The molecule has 0 saturated carbocycles. The van der Waals surface area contributed by atoms with Crippen molar-refractivity contribution in [3.63, 3.8) is 0 Å². The smallest absolute Gasteiger partial charge is 0.394 e. The van der Waals surface area contributed by atoms with Gasteiger partial charge in [-0.15, -0.1) is 0 Å². The Balaban J connectivity index is 2.01. The number of carboxylic acids is 1. The normalized spacial score (nSPS) is 16.6. The fourth-order valence-corrected chi connectivity index (χ4v) is 2.57. The van der Waals surface area contributed by atoms with Gasteiger partial charge in [0, 0.05) is 13.1 Å². The average molecular weight is 247 g/mol. The second-order valence-corrected chi connectivity index (χ2v) is 4.73. The Hall–Kier alpha value is -1.84. The molecule has 1 heterocycles. The van der Waals surface area contributed by atoms with Gasteiger partial charge in [-0.05, 0) is 36.8 Å². The predicted molar refractivity (Wildman–Crippen MR) is 67.4 cm³/mol. The molecular formula is C14H17NO3. The first kappa shape index (κ1) is 12.6. The molecule has 1 aliphatic heterocycles. The van der Waals surface area contributed by atoms with E-state index in [1.807, 2.05) is 12.1 Å². The van der Waals surface area contributed by atoms with Crippen molar-refractivity contribution in [3.05, 3.63) is 35.4 Å². The van der Waals surface area contributed by atoms with Crippen molar-refractivity contribution in [3.8, 4) is 0 Å². The standard InChI is InChI=1S/C14H17NO3/c1-10-4-2-3-5-12(10)11-6-8-15(9-7-11)13(16)14(17)18/h2-5,11H,6-9H2,1H3,(H,17,18). The maximum Gasteiger partial charge on any atom is 0.394 e. The first-order valence-corrected chi connectivity index (χ1v) is 6.17. The van der Waals surface area contributed by atoms with Crippen LogP contribution in [-0.4, -0.2) is 35.0 Å². The highest BCUT2D eigenvalue weighted by Gasteiger charge is 2.27. The molecule has 1 fully saturated rings. The SMILES string of the molecule is Cc1ccccc1C1CCN(C(=O)C(=O)O)CC1. The summed E-state index contributed by atoms with van der Waals surface area (Å²) in [5, 5.41) is 8.67. The number of aryl methyl sites for hydroxylation is 1. The van der Waals surface area contributed by atoms with Crippen LogP contribution in [0.15, 0.2) is 24.3 Å². The van der Waals surface area contributed by atoms with Crippen LogP contribution in [-0.2, 0) is 9.59 Å². The fourth-order valence-electron chi connectivity index (χ4n) is 2.57. The quantitative estimate of drug-likeness (QED) is 0.770. The van der Waals surface area contributed by atoms with E-state index in [2.05, 4.69) is 19.1 Å². The van der Waals surface area contributed by atoms with Gasteiger partial charge in [-0.2, -0.15) is 0 Å². The number of carbonyl (C=O) groups is 2. The molecule has 1 aliphatic rings. The van der Waals surface area contributed by atoms with Crippen molar-refractivity contribution in [2.75, 3.05) is 13.1 Å². The Bertz CT molecular complexity index is 462. The first-order chi connectivity index (χ1) is 8.59. The number of rotatable bonds is 1. The molecule has 0 radical (unpaired) electrons. The summed E-state index contributed by atoms with van der Waals surface area (Å²) >= 11 is 0. The van der Waals surface area contributed by atoms with E-state index < -0.39 is 11.9 Å². The van der Waals surface area contributed by atoms with Crippen LogP contribution in [0.2, 0.25) is 0 Å². The Morgan fingerprint density at radius 2 is 1.83 bits per heavy atom. The van der Waals surface area contributed by atoms with Crippen LogP contribution in [0.4, 0.5) is 0 Å². The Kier molecular flexibility index (Phi) is 3.65. The van der Waals surface area contributed by atoms with E-state index in [0.29, 0.717) is 19.0 Å². The summed E-state index contributed by atoms with van der Waals surface area (Å²) in [4.78, 5) is 23.4. The van der Waals surface area contributed by atoms with Crippen LogP contribution in [0.5, 0.6) is 0 Å². The van der Waals surface area contributed by atoms with E-state index in [-0.39, 0.29) is 0 Å². The topological polar surface area (TPSA) is 57.6 Å². The Morgan fingerprint density at radius 3 is 2.39 bits per heavy atom. The highest BCUT2D eigenvalue weighted by atomic mass is 16.4.